The van der Waals surface area contributed by atoms with Crippen molar-refractivity contribution in [3.8, 4) is 33.8 Å². The van der Waals surface area contributed by atoms with Gasteiger partial charge in [0.1, 0.15) is 11.5 Å². The van der Waals surface area contributed by atoms with Gasteiger partial charge in [-0.2, -0.15) is 5.10 Å². The molecule has 7 rings (SSSR count). The zero-order valence-electron chi connectivity index (χ0n) is 21.3. The molecule has 0 radical (unpaired) electrons. The van der Waals surface area contributed by atoms with E-state index in [1.807, 2.05) is 48.5 Å². The smallest absolute Gasteiger partial charge is 0.178 e. The standard InChI is InChI=1S/C31H23FN8/c32-27-23(22-14-20(17-35-18-22)16-34-15-19-4-2-1-3-5-19)6-7-25-26(27)29(40-39-25)31-37-28-24(10-13-36-30(28)38-31)21-8-11-33-12-9-21/h1-14,17-18,34H,15-16H2,(H,39,40)(H,36,37,38). The van der Waals surface area contributed by atoms with Gasteiger partial charge in [-0.25, -0.2) is 14.4 Å². The third kappa shape index (κ3) is 4.38. The van der Waals surface area contributed by atoms with Crippen molar-refractivity contribution in [2.24, 2.45) is 0 Å². The second-order valence-corrected chi connectivity index (χ2v) is 9.47. The summed E-state index contributed by atoms with van der Waals surface area (Å²) in [6.45, 7) is 1.35. The first-order chi connectivity index (χ1) is 19.7. The van der Waals surface area contributed by atoms with Crippen LogP contribution in [-0.4, -0.2) is 35.1 Å². The molecule has 2 aromatic carbocycles. The molecule has 0 unspecified atom stereocenters. The number of rotatable bonds is 7. The Balaban J connectivity index is 1.23. The minimum atomic E-state index is -0.389. The average molecular weight is 527 g/mol. The van der Waals surface area contributed by atoms with Gasteiger partial charge in [0, 0.05) is 60.8 Å². The van der Waals surface area contributed by atoms with Crippen LogP contribution in [0.1, 0.15) is 11.1 Å². The molecule has 0 saturated carbocycles. The van der Waals surface area contributed by atoms with Crippen LogP contribution in [0.15, 0.2) is 97.7 Å². The van der Waals surface area contributed by atoms with Crippen LogP contribution in [0.25, 0.3) is 55.8 Å². The summed E-state index contributed by atoms with van der Waals surface area (Å²) < 4.78 is 16.2. The van der Waals surface area contributed by atoms with Crippen LogP contribution in [0.4, 0.5) is 4.39 Å². The van der Waals surface area contributed by atoms with Crippen LogP contribution in [0.3, 0.4) is 0 Å². The van der Waals surface area contributed by atoms with Gasteiger partial charge in [-0.3, -0.25) is 15.1 Å². The van der Waals surface area contributed by atoms with Gasteiger partial charge >= 0.3 is 0 Å². The predicted molar refractivity (Wildman–Crippen MR) is 152 cm³/mol. The zero-order valence-corrected chi connectivity index (χ0v) is 21.3. The molecule has 40 heavy (non-hydrogen) atoms. The number of aromatic nitrogens is 7. The highest BCUT2D eigenvalue weighted by Crippen LogP contribution is 2.35. The summed E-state index contributed by atoms with van der Waals surface area (Å²) in [4.78, 5) is 20.9. The molecule has 3 N–H and O–H groups in total. The summed E-state index contributed by atoms with van der Waals surface area (Å²) >= 11 is 0. The summed E-state index contributed by atoms with van der Waals surface area (Å²) in [6, 6.07) is 21.5. The van der Waals surface area contributed by atoms with E-state index in [-0.39, 0.29) is 5.82 Å². The summed E-state index contributed by atoms with van der Waals surface area (Å²) in [5, 5.41) is 11.2. The second-order valence-electron chi connectivity index (χ2n) is 9.47. The van der Waals surface area contributed by atoms with E-state index in [1.165, 1.54) is 5.56 Å². The SMILES string of the molecule is Fc1c(-c2cncc(CNCc3ccccc3)c2)ccc2[nH]nc(-c3nc4nccc(-c5ccncc5)c4[nH]3)c12. The number of benzene rings is 2. The fourth-order valence-electron chi connectivity index (χ4n) is 4.94. The van der Waals surface area contributed by atoms with Gasteiger partial charge in [-0.1, -0.05) is 30.3 Å². The molecule has 0 amide bonds. The molecule has 0 fully saturated rings. The monoisotopic (exact) mass is 526 g/mol. The highest BCUT2D eigenvalue weighted by atomic mass is 19.1. The Kier molecular flexibility index (Phi) is 6.02. The van der Waals surface area contributed by atoms with Gasteiger partial charge in [-0.05, 0) is 53.1 Å². The normalized spacial score (nSPS) is 11.4. The molecule has 9 heteroatoms. The predicted octanol–water partition coefficient (Wildman–Crippen LogP) is 6.05. The van der Waals surface area contributed by atoms with Crippen LogP contribution >= 0.6 is 0 Å². The molecule has 0 aliphatic rings. The van der Waals surface area contributed by atoms with Crippen molar-refractivity contribution >= 4 is 22.1 Å². The molecular formula is C31H23FN8. The van der Waals surface area contributed by atoms with Crippen LogP contribution in [-0.2, 0) is 13.1 Å². The molecule has 194 valence electrons. The molecule has 5 aromatic heterocycles. The fourth-order valence-corrected chi connectivity index (χ4v) is 4.94. The van der Waals surface area contributed by atoms with E-state index in [2.05, 4.69) is 52.6 Å². The number of hydrogen-bond donors (Lipinski definition) is 3. The Labute approximate surface area is 228 Å². The number of imidazole rings is 1. The third-order valence-corrected chi connectivity index (χ3v) is 6.88. The van der Waals surface area contributed by atoms with E-state index in [4.69, 9.17) is 0 Å². The number of nitrogens with zero attached hydrogens (tertiary/aromatic N) is 5. The molecule has 7 aromatic rings. The van der Waals surface area contributed by atoms with E-state index in [0.29, 0.717) is 45.7 Å². The van der Waals surface area contributed by atoms with Gasteiger partial charge in [0.05, 0.1) is 16.4 Å². The maximum atomic E-state index is 16.2. The number of H-pyrrole nitrogens is 2. The molecule has 0 spiro atoms. The van der Waals surface area contributed by atoms with Gasteiger partial charge in [0.2, 0.25) is 0 Å². The first kappa shape index (κ1) is 23.8. The van der Waals surface area contributed by atoms with E-state index < -0.39 is 0 Å². The Bertz CT molecular complexity index is 1950. The molecule has 8 nitrogen and oxygen atoms in total. The highest BCUT2D eigenvalue weighted by molar-refractivity contribution is 5.98. The Morgan fingerprint density at radius 3 is 2.50 bits per heavy atom. The largest absolute Gasteiger partial charge is 0.335 e. The quantitative estimate of drug-likeness (QED) is 0.233. The van der Waals surface area contributed by atoms with Crippen molar-refractivity contribution in [2.75, 3.05) is 0 Å². The van der Waals surface area contributed by atoms with Crippen LogP contribution in [0, 0.1) is 5.82 Å². The second kappa shape index (κ2) is 10.1. The number of halogens is 1. The zero-order chi connectivity index (χ0) is 26.9. The van der Waals surface area contributed by atoms with E-state index >= 15 is 4.39 Å². The first-order valence-corrected chi connectivity index (χ1v) is 12.9. The third-order valence-electron chi connectivity index (χ3n) is 6.88. The molecule has 0 saturated heterocycles. The van der Waals surface area contributed by atoms with Crippen molar-refractivity contribution < 1.29 is 4.39 Å². The minimum Gasteiger partial charge on any atom is -0.335 e. The number of fused-ring (bicyclic) bond motifs is 2. The van der Waals surface area contributed by atoms with Crippen molar-refractivity contribution in [3.05, 3.63) is 115 Å². The highest BCUT2D eigenvalue weighted by Gasteiger charge is 2.20. The van der Waals surface area contributed by atoms with Crippen molar-refractivity contribution in [1.29, 1.82) is 0 Å². The Morgan fingerprint density at radius 1 is 0.775 bits per heavy atom. The molecular weight excluding hydrogens is 503 g/mol. The van der Waals surface area contributed by atoms with Gasteiger partial charge in [-0.15, -0.1) is 0 Å². The number of aromatic amines is 2. The lowest BCUT2D eigenvalue weighted by Crippen LogP contribution is -2.12. The Morgan fingerprint density at radius 2 is 1.62 bits per heavy atom. The lowest BCUT2D eigenvalue weighted by molar-refractivity contribution is 0.643. The molecule has 0 atom stereocenters. The average Bonchev–Trinajstić information content (AvgIpc) is 3.63. The summed E-state index contributed by atoms with van der Waals surface area (Å²) in [5.74, 6) is 0.0449. The van der Waals surface area contributed by atoms with E-state index in [0.717, 1.165) is 28.8 Å². The first-order valence-electron chi connectivity index (χ1n) is 12.9. The van der Waals surface area contributed by atoms with E-state index in [9.17, 15) is 0 Å². The maximum absolute atomic E-state index is 16.2. The molecule has 0 bridgehead atoms. The Hall–Kier alpha value is -5.28. The van der Waals surface area contributed by atoms with Crippen LogP contribution in [0.5, 0.6) is 0 Å². The lowest BCUT2D eigenvalue weighted by atomic mass is 10.0. The van der Waals surface area contributed by atoms with Crippen LogP contribution in [0.2, 0.25) is 0 Å². The van der Waals surface area contributed by atoms with Crippen molar-refractivity contribution in [2.45, 2.75) is 13.1 Å². The topological polar surface area (TPSA) is 108 Å². The van der Waals surface area contributed by atoms with Gasteiger partial charge < -0.3 is 10.3 Å². The molecule has 0 aliphatic heterocycles. The van der Waals surface area contributed by atoms with E-state index in [1.54, 1.807) is 37.1 Å². The fraction of sp³-hybridized carbons (Fsp3) is 0.0645. The maximum Gasteiger partial charge on any atom is 0.178 e. The van der Waals surface area contributed by atoms with Gasteiger partial charge in [0.15, 0.2) is 11.5 Å². The molecule has 5 heterocycles. The van der Waals surface area contributed by atoms with Crippen LogP contribution < -0.4 is 5.32 Å². The summed E-state index contributed by atoms with van der Waals surface area (Å²) in [5.41, 5.74) is 7.44. The summed E-state index contributed by atoms with van der Waals surface area (Å²) in [7, 11) is 0. The minimum absolute atomic E-state index is 0.356. The van der Waals surface area contributed by atoms with Gasteiger partial charge in [0.25, 0.3) is 0 Å². The lowest BCUT2D eigenvalue weighted by Gasteiger charge is -2.09. The molecule has 0 aliphatic carbocycles. The number of pyridine rings is 3. The van der Waals surface area contributed by atoms with Crippen molar-refractivity contribution in [1.82, 2.24) is 40.4 Å². The number of nitrogens with one attached hydrogen (secondary N) is 3. The summed E-state index contributed by atoms with van der Waals surface area (Å²) in [6.07, 6.45) is 8.65. The number of hydrogen-bond acceptors (Lipinski definition) is 6. The van der Waals surface area contributed by atoms with Crippen molar-refractivity contribution in [3.63, 3.8) is 0 Å².